The molecule has 0 saturated carbocycles. The van der Waals surface area contributed by atoms with Crippen molar-refractivity contribution in [1.29, 1.82) is 0 Å². The third-order valence-electron chi connectivity index (χ3n) is 3.02. The SMILES string of the molecule is CCC[SiH](CCC)C1=CC(C)[C]=C1C. The Morgan fingerprint density at radius 3 is 2.21 bits per heavy atom. The summed E-state index contributed by atoms with van der Waals surface area (Å²) in [6, 6.07) is 2.96. The van der Waals surface area contributed by atoms with Gasteiger partial charge in [0, 0.05) is 0 Å². The van der Waals surface area contributed by atoms with Crippen molar-refractivity contribution in [2.45, 2.75) is 52.6 Å². The molecular weight excluding hydrogens is 184 g/mol. The molecule has 0 spiro atoms. The number of hydrogen-bond donors (Lipinski definition) is 0. The molecule has 79 valence electrons. The topological polar surface area (TPSA) is 0 Å². The fourth-order valence-electron chi connectivity index (χ4n) is 2.46. The molecule has 1 radical (unpaired) electrons. The number of rotatable bonds is 5. The molecule has 0 saturated heterocycles. The van der Waals surface area contributed by atoms with Crippen molar-refractivity contribution in [2.75, 3.05) is 0 Å². The Morgan fingerprint density at radius 1 is 1.29 bits per heavy atom. The Hall–Kier alpha value is -0.303. The summed E-state index contributed by atoms with van der Waals surface area (Å²) in [4.78, 5) is 0. The van der Waals surface area contributed by atoms with Gasteiger partial charge in [0.2, 0.25) is 0 Å². The van der Waals surface area contributed by atoms with Crippen LogP contribution in [0.2, 0.25) is 12.1 Å². The molecule has 1 unspecified atom stereocenters. The van der Waals surface area contributed by atoms with Crippen LogP contribution in [-0.2, 0) is 0 Å². The fourth-order valence-corrected chi connectivity index (χ4v) is 6.02. The van der Waals surface area contributed by atoms with Gasteiger partial charge in [0.05, 0.1) is 8.80 Å². The van der Waals surface area contributed by atoms with Crippen molar-refractivity contribution in [2.24, 2.45) is 5.92 Å². The Bertz CT molecular complexity index is 232. The standard InChI is InChI=1S/C13H23Si/c1-5-7-14(8-6-2)13-10-11(3)9-12(13)4/h10-11,14H,5-8H2,1-4H3. The zero-order chi connectivity index (χ0) is 10.6. The lowest BCUT2D eigenvalue weighted by molar-refractivity contribution is 0.924. The van der Waals surface area contributed by atoms with E-state index in [1.807, 2.05) is 0 Å². The van der Waals surface area contributed by atoms with E-state index in [-0.39, 0.29) is 0 Å². The van der Waals surface area contributed by atoms with E-state index in [1.54, 1.807) is 5.20 Å². The second-order valence-electron chi connectivity index (χ2n) is 4.45. The van der Waals surface area contributed by atoms with E-state index in [4.69, 9.17) is 0 Å². The van der Waals surface area contributed by atoms with Crippen LogP contribution in [0.3, 0.4) is 0 Å². The zero-order valence-corrected chi connectivity index (χ0v) is 11.2. The highest BCUT2D eigenvalue weighted by molar-refractivity contribution is 6.68. The molecule has 1 atom stereocenters. The van der Waals surface area contributed by atoms with Crippen molar-refractivity contribution < 1.29 is 0 Å². The van der Waals surface area contributed by atoms with Gasteiger partial charge in [-0.15, -0.1) is 0 Å². The van der Waals surface area contributed by atoms with E-state index in [2.05, 4.69) is 39.8 Å². The van der Waals surface area contributed by atoms with Gasteiger partial charge in [0.1, 0.15) is 0 Å². The molecule has 0 aromatic carbocycles. The Morgan fingerprint density at radius 2 is 1.86 bits per heavy atom. The highest BCUT2D eigenvalue weighted by atomic mass is 28.3. The first kappa shape index (κ1) is 11.8. The predicted molar refractivity (Wildman–Crippen MR) is 67.0 cm³/mol. The van der Waals surface area contributed by atoms with Crippen molar-refractivity contribution >= 4 is 8.80 Å². The van der Waals surface area contributed by atoms with E-state index >= 15 is 0 Å². The molecule has 1 heteroatoms. The molecule has 1 rings (SSSR count). The average molecular weight is 207 g/mol. The quantitative estimate of drug-likeness (QED) is 0.600. The highest BCUT2D eigenvalue weighted by Crippen LogP contribution is 2.28. The van der Waals surface area contributed by atoms with Gasteiger partial charge in [-0.1, -0.05) is 57.0 Å². The van der Waals surface area contributed by atoms with Gasteiger partial charge >= 0.3 is 0 Å². The molecule has 1 aliphatic rings. The molecular formula is C13H23Si. The van der Waals surface area contributed by atoms with Gasteiger partial charge in [0.25, 0.3) is 0 Å². The van der Waals surface area contributed by atoms with Gasteiger partial charge in [-0.25, -0.2) is 0 Å². The van der Waals surface area contributed by atoms with Crippen molar-refractivity contribution in [3.05, 3.63) is 22.9 Å². The van der Waals surface area contributed by atoms with E-state index in [0.29, 0.717) is 5.92 Å². The molecule has 0 nitrogen and oxygen atoms in total. The summed E-state index contributed by atoms with van der Waals surface area (Å²) >= 11 is 0. The van der Waals surface area contributed by atoms with E-state index in [9.17, 15) is 0 Å². The summed E-state index contributed by atoms with van der Waals surface area (Å²) in [5, 5.41) is 1.72. The molecule has 14 heavy (non-hydrogen) atoms. The fraction of sp³-hybridized carbons (Fsp3) is 0.692. The van der Waals surface area contributed by atoms with Crippen molar-refractivity contribution in [3.63, 3.8) is 0 Å². The zero-order valence-electron chi connectivity index (χ0n) is 10.1. The smallest absolute Gasteiger partial charge is 0.0707 e. The molecule has 0 N–H and O–H groups in total. The van der Waals surface area contributed by atoms with Gasteiger partial charge in [-0.05, 0) is 24.5 Å². The predicted octanol–water partition coefficient (Wildman–Crippen LogP) is 3.90. The number of hydrogen-bond acceptors (Lipinski definition) is 0. The van der Waals surface area contributed by atoms with Gasteiger partial charge < -0.3 is 0 Å². The van der Waals surface area contributed by atoms with E-state index in [1.165, 1.54) is 30.5 Å². The average Bonchev–Trinajstić information content (AvgIpc) is 2.45. The summed E-state index contributed by atoms with van der Waals surface area (Å²) in [6.07, 6.45) is 8.71. The van der Waals surface area contributed by atoms with Crippen LogP contribution >= 0.6 is 0 Å². The first-order valence-corrected chi connectivity index (χ1v) is 8.22. The van der Waals surface area contributed by atoms with Crippen LogP contribution in [0.15, 0.2) is 16.8 Å². The Labute approximate surface area is 90.7 Å². The molecule has 0 bridgehead atoms. The molecule has 0 aromatic heterocycles. The Kier molecular flexibility index (Phi) is 4.66. The third kappa shape index (κ3) is 2.84. The first-order valence-electron chi connectivity index (χ1n) is 6.01. The van der Waals surface area contributed by atoms with Crippen LogP contribution < -0.4 is 0 Å². The van der Waals surface area contributed by atoms with Crippen LogP contribution in [0, 0.1) is 12.0 Å². The third-order valence-corrected chi connectivity index (χ3v) is 7.07. The minimum Gasteiger partial charge on any atom is -0.0781 e. The highest BCUT2D eigenvalue weighted by Gasteiger charge is 2.20. The minimum absolute atomic E-state index is 0.578. The molecule has 0 aromatic rings. The molecule has 0 aliphatic heterocycles. The van der Waals surface area contributed by atoms with Gasteiger partial charge in [0.15, 0.2) is 0 Å². The van der Waals surface area contributed by atoms with Crippen molar-refractivity contribution in [3.8, 4) is 0 Å². The molecule has 1 aliphatic carbocycles. The molecule has 0 amide bonds. The first-order chi connectivity index (χ1) is 6.69. The van der Waals surface area contributed by atoms with Crippen LogP contribution in [0.4, 0.5) is 0 Å². The maximum atomic E-state index is 3.52. The summed E-state index contributed by atoms with van der Waals surface area (Å²) in [6.45, 7) is 9.13. The second kappa shape index (κ2) is 5.55. The largest absolute Gasteiger partial charge is 0.0781 e. The van der Waals surface area contributed by atoms with E-state index in [0.717, 1.165) is 0 Å². The molecule has 0 heterocycles. The van der Waals surface area contributed by atoms with Crippen LogP contribution in [0.25, 0.3) is 0 Å². The lowest BCUT2D eigenvalue weighted by Crippen LogP contribution is -2.15. The lowest BCUT2D eigenvalue weighted by atomic mass is 10.2. The number of allylic oxidation sites excluding steroid dienone is 4. The second-order valence-corrected chi connectivity index (χ2v) is 7.62. The maximum absolute atomic E-state index is 3.52. The van der Waals surface area contributed by atoms with Gasteiger partial charge in [-0.2, -0.15) is 0 Å². The monoisotopic (exact) mass is 207 g/mol. The summed E-state index contributed by atoms with van der Waals surface area (Å²) in [5.74, 6) is 0.578. The van der Waals surface area contributed by atoms with Crippen molar-refractivity contribution in [1.82, 2.24) is 0 Å². The minimum atomic E-state index is -0.621. The summed E-state index contributed by atoms with van der Waals surface area (Å²) in [7, 11) is -0.621. The summed E-state index contributed by atoms with van der Waals surface area (Å²) in [5.41, 5.74) is 1.47. The van der Waals surface area contributed by atoms with Crippen LogP contribution in [-0.4, -0.2) is 8.80 Å². The summed E-state index contributed by atoms with van der Waals surface area (Å²) < 4.78 is 0. The van der Waals surface area contributed by atoms with Gasteiger partial charge in [-0.3, -0.25) is 0 Å². The van der Waals surface area contributed by atoms with Crippen LogP contribution in [0.1, 0.15) is 40.5 Å². The van der Waals surface area contributed by atoms with Crippen LogP contribution in [0.5, 0.6) is 0 Å². The Balaban J connectivity index is 2.68. The molecule has 0 fully saturated rings. The normalized spacial score (nSPS) is 21.4. The maximum Gasteiger partial charge on any atom is 0.0707 e. The van der Waals surface area contributed by atoms with E-state index < -0.39 is 8.80 Å². The lowest BCUT2D eigenvalue weighted by Gasteiger charge is -2.16.